The number of nitrogens with zero attached hydrogens (tertiary/aromatic N) is 1. The lowest BCUT2D eigenvalue weighted by Crippen LogP contribution is -2.25. The summed E-state index contributed by atoms with van der Waals surface area (Å²) in [6, 6.07) is 7.37. The highest BCUT2D eigenvalue weighted by Crippen LogP contribution is 2.26. The van der Waals surface area contributed by atoms with Crippen molar-refractivity contribution in [1.82, 2.24) is 15.3 Å². The predicted molar refractivity (Wildman–Crippen MR) is 93.9 cm³/mol. The SMILES string of the molecule is O=C(CSc1nc2c(c(=O)[nH]1)CSC2)NCc1ccccc1Cl. The fourth-order valence-electron chi connectivity index (χ4n) is 2.13. The lowest BCUT2D eigenvalue weighted by atomic mass is 10.2. The van der Waals surface area contributed by atoms with Gasteiger partial charge in [-0.1, -0.05) is 41.6 Å². The van der Waals surface area contributed by atoms with E-state index < -0.39 is 0 Å². The molecule has 1 aliphatic rings. The van der Waals surface area contributed by atoms with Gasteiger partial charge in [0.2, 0.25) is 5.91 Å². The van der Waals surface area contributed by atoms with Crippen LogP contribution in [0.3, 0.4) is 0 Å². The van der Waals surface area contributed by atoms with Gasteiger partial charge in [0.25, 0.3) is 5.56 Å². The Labute approximate surface area is 146 Å². The van der Waals surface area contributed by atoms with Crippen LogP contribution < -0.4 is 10.9 Å². The third-order valence-electron chi connectivity index (χ3n) is 3.34. The van der Waals surface area contributed by atoms with Crippen molar-refractivity contribution < 1.29 is 4.79 Å². The number of halogens is 1. The predicted octanol–water partition coefficient (Wildman–Crippen LogP) is 2.58. The van der Waals surface area contributed by atoms with Crippen molar-refractivity contribution in [3.05, 3.63) is 56.5 Å². The second-order valence-electron chi connectivity index (χ2n) is 4.95. The van der Waals surface area contributed by atoms with Gasteiger partial charge in [0, 0.05) is 28.6 Å². The summed E-state index contributed by atoms with van der Waals surface area (Å²) in [5, 5.41) is 3.93. The highest BCUT2D eigenvalue weighted by atomic mass is 35.5. The monoisotopic (exact) mass is 367 g/mol. The van der Waals surface area contributed by atoms with Gasteiger partial charge in [-0.25, -0.2) is 4.98 Å². The van der Waals surface area contributed by atoms with Crippen LogP contribution in [0.4, 0.5) is 0 Å². The van der Waals surface area contributed by atoms with Crippen molar-refractivity contribution in [2.75, 3.05) is 5.75 Å². The first-order chi connectivity index (χ1) is 11.1. The van der Waals surface area contributed by atoms with Crippen LogP contribution in [-0.2, 0) is 22.8 Å². The summed E-state index contributed by atoms with van der Waals surface area (Å²) < 4.78 is 0. The quantitative estimate of drug-likeness (QED) is 0.627. The number of benzene rings is 1. The molecule has 0 fully saturated rings. The summed E-state index contributed by atoms with van der Waals surface area (Å²) in [6.45, 7) is 0.379. The van der Waals surface area contributed by atoms with E-state index >= 15 is 0 Å². The summed E-state index contributed by atoms with van der Waals surface area (Å²) >= 11 is 8.94. The summed E-state index contributed by atoms with van der Waals surface area (Å²) in [5.41, 5.74) is 2.35. The van der Waals surface area contributed by atoms with Crippen molar-refractivity contribution >= 4 is 41.0 Å². The van der Waals surface area contributed by atoms with Crippen molar-refractivity contribution in [2.45, 2.75) is 23.2 Å². The van der Waals surface area contributed by atoms with Gasteiger partial charge in [-0.05, 0) is 11.6 Å². The number of aromatic amines is 1. The highest BCUT2D eigenvalue weighted by molar-refractivity contribution is 7.99. The van der Waals surface area contributed by atoms with Gasteiger partial charge in [0.05, 0.1) is 11.4 Å². The molecule has 2 N–H and O–H groups in total. The molecule has 0 spiro atoms. The number of hydrogen-bond donors (Lipinski definition) is 2. The average molecular weight is 368 g/mol. The van der Waals surface area contributed by atoms with E-state index in [0.29, 0.717) is 22.5 Å². The molecule has 120 valence electrons. The Hall–Kier alpha value is -1.44. The Morgan fingerprint density at radius 3 is 3.04 bits per heavy atom. The number of amides is 1. The lowest BCUT2D eigenvalue weighted by Gasteiger charge is -2.07. The molecule has 0 bridgehead atoms. The maximum absolute atomic E-state index is 11.9. The summed E-state index contributed by atoms with van der Waals surface area (Å²) in [7, 11) is 0. The number of thioether (sulfide) groups is 2. The van der Waals surface area contributed by atoms with E-state index in [-0.39, 0.29) is 17.2 Å². The average Bonchev–Trinajstić information content (AvgIpc) is 3.01. The van der Waals surface area contributed by atoms with Crippen molar-refractivity contribution in [3.63, 3.8) is 0 Å². The maximum Gasteiger partial charge on any atom is 0.255 e. The summed E-state index contributed by atoms with van der Waals surface area (Å²) in [4.78, 5) is 30.9. The van der Waals surface area contributed by atoms with E-state index in [1.54, 1.807) is 17.8 Å². The van der Waals surface area contributed by atoms with Crippen molar-refractivity contribution in [1.29, 1.82) is 0 Å². The second kappa shape index (κ2) is 7.42. The molecule has 1 amide bonds. The van der Waals surface area contributed by atoms with Gasteiger partial charge in [0.15, 0.2) is 5.16 Å². The minimum atomic E-state index is -0.132. The largest absolute Gasteiger partial charge is 0.351 e. The highest BCUT2D eigenvalue weighted by Gasteiger charge is 2.18. The van der Waals surface area contributed by atoms with Gasteiger partial charge < -0.3 is 10.3 Å². The minimum absolute atomic E-state index is 0.0982. The fraction of sp³-hybridized carbons (Fsp3) is 0.267. The molecular formula is C15H14ClN3O2S2. The van der Waals surface area contributed by atoms with Crippen LogP contribution in [0.15, 0.2) is 34.2 Å². The van der Waals surface area contributed by atoms with Crippen molar-refractivity contribution in [3.8, 4) is 0 Å². The van der Waals surface area contributed by atoms with E-state index in [1.807, 2.05) is 18.2 Å². The van der Waals surface area contributed by atoms with Gasteiger partial charge >= 0.3 is 0 Å². The third-order valence-corrected chi connectivity index (χ3v) is 5.55. The summed E-state index contributed by atoms with van der Waals surface area (Å²) in [5.74, 6) is 1.53. The molecule has 8 heteroatoms. The first-order valence-electron chi connectivity index (χ1n) is 6.96. The Kier molecular flexibility index (Phi) is 5.30. The molecule has 23 heavy (non-hydrogen) atoms. The van der Waals surface area contributed by atoms with Gasteiger partial charge in [-0.2, -0.15) is 11.8 Å². The number of hydrogen-bond acceptors (Lipinski definition) is 5. The van der Waals surface area contributed by atoms with E-state index in [0.717, 1.165) is 22.6 Å². The third kappa shape index (κ3) is 4.10. The zero-order chi connectivity index (χ0) is 16.2. The Morgan fingerprint density at radius 2 is 2.22 bits per heavy atom. The molecule has 2 aromatic rings. The molecule has 0 atom stereocenters. The van der Waals surface area contributed by atoms with Crippen LogP contribution in [0.25, 0.3) is 0 Å². The number of nitrogens with one attached hydrogen (secondary N) is 2. The van der Waals surface area contributed by atoms with Gasteiger partial charge in [-0.3, -0.25) is 9.59 Å². The Balaban J connectivity index is 1.54. The maximum atomic E-state index is 11.9. The molecule has 1 aliphatic heterocycles. The molecule has 0 saturated heterocycles. The van der Waals surface area contributed by atoms with Gasteiger partial charge in [-0.15, -0.1) is 0 Å². The van der Waals surface area contributed by atoms with Crippen LogP contribution in [0, 0.1) is 0 Å². The molecule has 0 aliphatic carbocycles. The van der Waals surface area contributed by atoms with Crippen LogP contribution in [0.2, 0.25) is 5.02 Å². The lowest BCUT2D eigenvalue weighted by molar-refractivity contribution is -0.118. The molecule has 0 saturated carbocycles. The summed E-state index contributed by atoms with van der Waals surface area (Å²) in [6.07, 6.45) is 0. The molecule has 0 unspecified atom stereocenters. The second-order valence-corrected chi connectivity index (χ2v) is 7.30. The number of carbonyl (C=O) groups excluding carboxylic acids is 1. The minimum Gasteiger partial charge on any atom is -0.351 e. The molecular weight excluding hydrogens is 354 g/mol. The van der Waals surface area contributed by atoms with E-state index in [2.05, 4.69) is 15.3 Å². The number of H-pyrrole nitrogens is 1. The normalized spacial score (nSPS) is 12.9. The van der Waals surface area contributed by atoms with Crippen molar-refractivity contribution in [2.24, 2.45) is 0 Å². The van der Waals surface area contributed by atoms with Crippen LogP contribution in [-0.4, -0.2) is 21.6 Å². The fourth-order valence-corrected chi connectivity index (χ4v) is 4.08. The molecule has 3 rings (SSSR count). The number of carbonyl (C=O) groups is 1. The zero-order valence-corrected chi connectivity index (χ0v) is 14.5. The number of rotatable bonds is 5. The standard InChI is InChI=1S/C15H14ClN3O2S2/c16-11-4-2-1-3-9(11)5-17-13(20)8-23-15-18-12-7-22-6-10(12)14(21)19-15/h1-4H,5-8H2,(H,17,20)(H,18,19,21). The molecule has 1 aromatic heterocycles. The molecule has 1 aromatic carbocycles. The van der Waals surface area contributed by atoms with Crippen LogP contribution in [0.5, 0.6) is 0 Å². The first-order valence-corrected chi connectivity index (χ1v) is 9.48. The van der Waals surface area contributed by atoms with Crippen LogP contribution >= 0.6 is 35.1 Å². The van der Waals surface area contributed by atoms with E-state index in [1.165, 1.54) is 11.8 Å². The van der Waals surface area contributed by atoms with Gasteiger partial charge in [0.1, 0.15) is 0 Å². The molecule has 2 heterocycles. The van der Waals surface area contributed by atoms with E-state index in [9.17, 15) is 9.59 Å². The smallest absolute Gasteiger partial charge is 0.255 e. The Morgan fingerprint density at radius 1 is 1.39 bits per heavy atom. The molecule has 5 nitrogen and oxygen atoms in total. The first kappa shape index (κ1) is 16.4. The Bertz CT molecular complexity index is 795. The van der Waals surface area contributed by atoms with E-state index in [4.69, 9.17) is 11.6 Å². The van der Waals surface area contributed by atoms with Crippen LogP contribution in [0.1, 0.15) is 16.8 Å². The zero-order valence-electron chi connectivity index (χ0n) is 12.1. The molecule has 0 radical (unpaired) electrons. The number of fused-ring (bicyclic) bond motifs is 1. The topological polar surface area (TPSA) is 74.8 Å². The number of aromatic nitrogens is 2.